The second kappa shape index (κ2) is 3.55. The van der Waals surface area contributed by atoms with Crippen molar-refractivity contribution in [2.24, 2.45) is 0 Å². The summed E-state index contributed by atoms with van der Waals surface area (Å²) in [6.45, 7) is 3.29. The lowest BCUT2D eigenvalue weighted by Gasteiger charge is -2.25. The molecule has 76 valence electrons. The van der Waals surface area contributed by atoms with Gasteiger partial charge in [-0.25, -0.2) is 8.42 Å². The number of ether oxygens (including phenoxy) is 1. The molecule has 1 atom stereocenters. The van der Waals surface area contributed by atoms with E-state index in [0.717, 1.165) is 19.6 Å². The molecule has 4 nitrogen and oxygen atoms in total. The van der Waals surface area contributed by atoms with Gasteiger partial charge in [-0.05, 0) is 6.42 Å². The number of sulfone groups is 1. The second-order valence-electron chi connectivity index (χ2n) is 3.74. The molecule has 2 saturated heterocycles. The van der Waals surface area contributed by atoms with Crippen molar-refractivity contribution in [2.75, 3.05) is 37.7 Å². The number of nitrogens with zero attached hydrogens (tertiary/aromatic N) is 1. The predicted molar refractivity (Wildman–Crippen MR) is 49.5 cm³/mol. The third-order valence-corrected chi connectivity index (χ3v) is 4.22. The van der Waals surface area contributed by atoms with E-state index in [9.17, 15) is 8.42 Å². The number of epoxide rings is 1. The molecule has 2 rings (SSSR count). The zero-order chi connectivity index (χ0) is 9.31. The number of rotatable bonds is 3. The molecule has 0 aliphatic carbocycles. The molecule has 0 saturated carbocycles. The molecule has 2 aliphatic heterocycles. The van der Waals surface area contributed by atoms with E-state index in [-0.39, 0.29) is 0 Å². The Morgan fingerprint density at radius 2 is 1.92 bits per heavy atom. The molecule has 0 radical (unpaired) electrons. The maximum absolute atomic E-state index is 11.1. The van der Waals surface area contributed by atoms with Gasteiger partial charge >= 0.3 is 0 Å². The Labute approximate surface area is 78.8 Å². The monoisotopic (exact) mass is 205 g/mol. The van der Waals surface area contributed by atoms with E-state index in [4.69, 9.17) is 4.74 Å². The Balaban J connectivity index is 1.71. The summed E-state index contributed by atoms with van der Waals surface area (Å²) in [6.07, 6.45) is 1.51. The minimum atomic E-state index is -2.71. The van der Waals surface area contributed by atoms with Crippen LogP contribution in [0.1, 0.15) is 6.42 Å². The molecule has 0 aromatic heterocycles. The van der Waals surface area contributed by atoms with Crippen LogP contribution in [-0.2, 0) is 14.6 Å². The van der Waals surface area contributed by atoms with E-state index in [0.29, 0.717) is 30.7 Å². The third-order valence-electron chi connectivity index (χ3n) is 2.61. The van der Waals surface area contributed by atoms with Gasteiger partial charge in [0, 0.05) is 19.6 Å². The van der Waals surface area contributed by atoms with Crippen molar-refractivity contribution in [1.82, 2.24) is 4.90 Å². The van der Waals surface area contributed by atoms with Crippen LogP contribution in [0, 0.1) is 0 Å². The van der Waals surface area contributed by atoms with Crippen molar-refractivity contribution < 1.29 is 13.2 Å². The van der Waals surface area contributed by atoms with Gasteiger partial charge in [-0.1, -0.05) is 0 Å². The molecule has 1 unspecified atom stereocenters. The van der Waals surface area contributed by atoms with Crippen LogP contribution in [0.15, 0.2) is 0 Å². The van der Waals surface area contributed by atoms with Crippen LogP contribution in [0.3, 0.4) is 0 Å². The van der Waals surface area contributed by atoms with E-state index in [1.807, 2.05) is 0 Å². The van der Waals surface area contributed by atoms with Crippen LogP contribution in [0.2, 0.25) is 0 Å². The van der Waals surface area contributed by atoms with Crippen LogP contribution < -0.4 is 0 Å². The van der Waals surface area contributed by atoms with Crippen molar-refractivity contribution in [3.05, 3.63) is 0 Å². The van der Waals surface area contributed by atoms with Crippen LogP contribution in [-0.4, -0.2) is 57.2 Å². The second-order valence-corrected chi connectivity index (χ2v) is 6.04. The summed E-state index contributed by atoms with van der Waals surface area (Å²) in [4.78, 5) is 2.21. The first-order chi connectivity index (χ1) is 6.16. The van der Waals surface area contributed by atoms with Gasteiger partial charge in [-0.3, -0.25) is 0 Å². The summed E-state index contributed by atoms with van der Waals surface area (Å²) in [5.74, 6) is 0.664. The molecule has 0 spiro atoms. The summed E-state index contributed by atoms with van der Waals surface area (Å²) < 4.78 is 27.3. The van der Waals surface area contributed by atoms with Gasteiger partial charge in [-0.15, -0.1) is 0 Å². The summed E-state index contributed by atoms with van der Waals surface area (Å²) >= 11 is 0. The molecular formula is C8H15NO3S. The lowest BCUT2D eigenvalue weighted by molar-refractivity contribution is 0.273. The van der Waals surface area contributed by atoms with E-state index in [2.05, 4.69) is 4.90 Å². The molecule has 0 aromatic rings. The van der Waals surface area contributed by atoms with E-state index in [1.54, 1.807) is 0 Å². The fourth-order valence-corrected chi connectivity index (χ4v) is 2.81. The van der Waals surface area contributed by atoms with E-state index < -0.39 is 9.84 Å². The van der Waals surface area contributed by atoms with Gasteiger partial charge < -0.3 is 9.64 Å². The Bertz CT molecular complexity index is 257. The van der Waals surface area contributed by atoms with Crippen LogP contribution >= 0.6 is 0 Å². The highest BCUT2D eigenvalue weighted by Gasteiger charge is 2.25. The average Bonchev–Trinajstić information content (AvgIpc) is 2.86. The van der Waals surface area contributed by atoms with Crippen molar-refractivity contribution in [3.8, 4) is 0 Å². The molecule has 0 aromatic carbocycles. The molecule has 0 N–H and O–H groups in total. The zero-order valence-corrected chi connectivity index (χ0v) is 8.42. The Hall–Kier alpha value is -0.130. The third kappa shape index (κ3) is 2.93. The first kappa shape index (κ1) is 9.43. The summed E-state index contributed by atoms with van der Waals surface area (Å²) in [5.41, 5.74) is 0. The molecule has 2 fully saturated rings. The van der Waals surface area contributed by atoms with Gasteiger partial charge in [0.1, 0.15) is 0 Å². The highest BCUT2D eigenvalue weighted by atomic mass is 32.2. The van der Waals surface area contributed by atoms with Crippen molar-refractivity contribution in [2.45, 2.75) is 12.5 Å². The van der Waals surface area contributed by atoms with Crippen LogP contribution in [0.25, 0.3) is 0 Å². The predicted octanol–water partition coefficient (Wildman–Crippen LogP) is -0.494. The zero-order valence-electron chi connectivity index (χ0n) is 7.61. The molecule has 0 bridgehead atoms. The van der Waals surface area contributed by atoms with Crippen LogP contribution in [0.4, 0.5) is 0 Å². The topological polar surface area (TPSA) is 49.9 Å². The lowest BCUT2D eigenvalue weighted by atomic mass is 10.3. The first-order valence-electron chi connectivity index (χ1n) is 4.70. The molecule has 5 heteroatoms. The largest absolute Gasteiger partial charge is 0.373 e. The first-order valence-corrected chi connectivity index (χ1v) is 6.52. The quantitative estimate of drug-likeness (QED) is 0.583. The lowest BCUT2D eigenvalue weighted by Crippen LogP contribution is -2.40. The maximum Gasteiger partial charge on any atom is 0.152 e. The molecule has 13 heavy (non-hydrogen) atoms. The Morgan fingerprint density at radius 3 is 2.46 bits per heavy atom. The summed E-state index contributed by atoms with van der Waals surface area (Å²) in [7, 11) is -2.71. The fourth-order valence-electron chi connectivity index (χ4n) is 1.54. The smallest absolute Gasteiger partial charge is 0.152 e. The van der Waals surface area contributed by atoms with Gasteiger partial charge in [0.15, 0.2) is 9.84 Å². The average molecular weight is 205 g/mol. The van der Waals surface area contributed by atoms with Crippen LogP contribution in [0.5, 0.6) is 0 Å². The van der Waals surface area contributed by atoms with Crippen molar-refractivity contribution in [3.63, 3.8) is 0 Å². The van der Waals surface area contributed by atoms with Crippen molar-refractivity contribution >= 4 is 9.84 Å². The molecular weight excluding hydrogens is 190 g/mol. The summed E-state index contributed by atoms with van der Waals surface area (Å²) in [6, 6.07) is 0. The standard InChI is InChI=1S/C8H15NO3S/c10-13(11)5-3-9(4-6-13)2-1-8-7-12-8/h8H,1-7H2. The SMILES string of the molecule is O=S1(=O)CCN(CCC2CO2)CC1. The normalized spacial score (nSPS) is 33.1. The summed E-state index contributed by atoms with van der Waals surface area (Å²) in [5, 5.41) is 0. The van der Waals surface area contributed by atoms with Gasteiger partial charge in [0.2, 0.25) is 0 Å². The number of hydrogen-bond donors (Lipinski definition) is 0. The highest BCUT2D eigenvalue weighted by Crippen LogP contribution is 2.14. The van der Waals surface area contributed by atoms with Crippen molar-refractivity contribution in [1.29, 1.82) is 0 Å². The molecule has 2 heterocycles. The molecule has 0 amide bonds. The fraction of sp³-hybridized carbons (Fsp3) is 1.00. The Morgan fingerprint density at radius 1 is 1.31 bits per heavy atom. The van der Waals surface area contributed by atoms with Gasteiger partial charge in [-0.2, -0.15) is 0 Å². The Kier molecular flexibility index (Phi) is 2.58. The van der Waals surface area contributed by atoms with E-state index in [1.165, 1.54) is 0 Å². The number of hydrogen-bond acceptors (Lipinski definition) is 4. The van der Waals surface area contributed by atoms with E-state index >= 15 is 0 Å². The molecule has 2 aliphatic rings. The van der Waals surface area contributed by atoms with Gasteiger partial charge in [0.25, 0.3) is 0 Å². The minimum absolute atomic E-state index is 0.332. The van der Waals surface area contributed by atoms with Gasteiger partial charge in [0.05, 0.1) is 24.2 Å². The highest BCUT2D eigenvalue weighted by molar-refractivity contribution is 7.91. The minimum Gasteiger partial charge on any atom is -0.373 e. The maximum atomic E-state index is 11.1.